The quantitative estimate of drug-likeness (QED) is 0.241. The van der Waals surface area contributed by atoms with E-state index in [1.54, 1.807) is 6.92 Å². The SMILES string of the molecule is CCOC(=O)C(=O)C=C(CBr)OC. The summed E-state index contributed by atoms with van der Waals surface area (Å²) in [4.78, 5) is 21.8. The zero-order chi connectivity index (χ0) is 10.3. The summed E-state index contributed by atoms with van der Waals surface area (Å²) in [6, 6.07) is 0. The van der Waals surface area contributed by atoms with Gasteiger partial charge in [-0.15, -0.1) is 0 Å². The molecule has 0 aromatic heterocycles. The first-order valence-electron chi connectivity index (χ1n) is 3.67. The number of carbonyl (C=O) groups is 2. The lowest BCUT2D eigenvalue weighted by Gasteiger charge is -2.00. The molecule has 0 aliphatic rings. The van der Waals surface area contributed by atoms with Crippen LogP contribution in [0.4, 0.5) is 0 Å². The number of hydrogen-bond acceptors (Lipinski definition) is 4. The van der Waals surface area contributed by atoms with Crippen LogP contribution in [0.2, 0.25) is 0 Å². The molecule has 0 bridgehead atoms. The molecule has 0 fully saturated rings. The smallest absolute Gasteiger partial charge is 0.379 e. The molecule has 0 saturated carbocycles. The molecule has 13 heavy (non-hydrogen) atoms. The van der Waals surface area contributed by atoms with Gasteiger partial charge in [-0.05, 0) is 6.92 Å². The summed E-state index contributed by atoms with van der Waals surface area (Å²) >= 11 is 3.09. The van der Waals surface area contributed by atoms with Crippen molar-refractivity contribution in [1.29, 1.82) is 0 Å². The van der Waals surface area contributed by atoms with Crippen molar-refractivity contribution >= 4 is 27.7 Å². The topological polar surface area (TPSA) is 52.6 Å². The Hall–Kier alpha value is -0.840. The Morgan fingerprint density at radius 3 is 2.46 bits per heavy atom. The Morgan fingerprint density at radius 1 is 1.46 bits per heavy atom. The fourth-order valence-electron chi connectivity index (χ4n) is 0.559. The van der Waals surface area contributed by atoms with Crippen molar-refractivity contribution in [2.75, 3.05) is 19.0 Å². The standard InChI is InChI=1S/C8H11BrO4/c1-3-13-8(11)7(10)4-6(5-9)12-2/h4H,3,5H2,1-2H3. The van der Waals surface area contributed by atoms with Crippen LogP contribution in [0.25, 0.3) is 0 Å². The maximum absolute atomic E-state index is 11.0. The molecule has 0 unspecified atom stereocenters. The number of hydrogen-bond donors (Lipinski definition) is 0. The van der Waals surface area contributed by atoms with Crippen LogP contribution in [-0.2, 0) is 19.1 Å². The lowest BCUT2D eigenvalue weighted by molar-refractivity contribution is -0.151. The molecule has 0 aliphatic carbocycles. The summed E-state index contributed by atoms with van der Waals surface area (Å²) < 4.78 is 9.27. The van der Waals surface area contributed by atoms with Gasteiger partial charge >= 0.3 is 5.97 Å². The number of ketones is 1. The third kappa shape index (κ3) is 4.67. The van der Waals surface area contributed by atoms with Gasteiger partial charge in [0, 0.05) is 6.08 Å². The summed E-state index contributed by atoms with van der Waals surface area (Å²) in [6.45, 7) is 1.83. The molecule has 0 aromatic rings. The fraction of sp³-hybridized carbons (Fsp3) is 0.500. The summed E-state index contributed by atoms with van der Waals surface area (Å²) in [6.07, 6.45) is 1.10. The van der Waals surface area contributed by atoms with Crippen LogP contribution in [0, 0.1) is 0 Å². The second-order valence-electron chi connectivity index (χ2n) is 2.03. The normalized spacial score (nSPS) is 10.8. The second kappa shape index (κ2) is 6.65. The summed E-state index contributed by atoms with van der Waals surface area (Å²) in [7, 11) is 1.42. The van der Waals surface area contributed by atoms with Gasteiger partial charge in [0.2, 0.25) is 0 Å². The van der Waals surface area contributed by atoms with Crippen molar-refractivity contribution in [3.63, 3.8) is 0 Å². The molecule has 0 spiro atoms. The first-order chi connectivity index (χ1) is 6.15. The van der Waals surface area contributed by atoms with Gasteiger partial charge in [0.1, 0.15) is 5.76 Å². The van der Waals surface area contributed by atoms with E-state index in [2.05, 4.69) is 20.7 Å². The van der Waals surface area contributed by atoms with Crippen LogP contribution in [0.3, 0.4) is 0 Å². The van der Waals surface area contributed by atoms with Gasteiger partial charge in [-0.25, -0.2) is 4.79 Å². The van der Waals surface area contributed by atoms with Gasteiger partial charge in [-0.1, -0.05) is 15.9 Å². The van der Waals surface area contributed by atoms with Crippen LogP contribution in [0.15, 0.2) is 11.8 Å². The van der Waals surface area contributed by atoms with E-state index in [1.165, 1.54) is 7.11 Å². The minimum atomic E-state index is -0.863. The Labute approximate surface area is 85.0 Å². The van der Waals surface area contributed by atoms with E-state index < -0.39 is 11.8 Å². The predicted octanol–water partition coefficient (Wildman–Crippen LogP) is 1.04. The van der Waals surface area contributed by atoms with E-state index in [1.807, 2.05) is 0 Å². The first kappa shape index (κ1) is 12.2. The van der Waals surface area contributed by atoms with E-state index >= 15 is 0 Å². The highest BCUT2D eigenvalue weighted by Crippen LogP contribution is 2.00. The molecule has 0 saturated heterocycles. The molecule has 0 heterocycles. The Kier molecular flexibility index (Phi) is 6.22. The molecule has 0 atom stereocenters. The van der Waals surface area contributed by atoms with Gasteiger partial charge in [0.15, 0.2) is 0 Å². The molecule has 0 aromatic carbocycles. The molecule has 0 N–H and O–H groups in total. The number of halogens is 1. The largest absolute Gasteiger partial charge is 0.500 e. The number of esters is 1. The Balaban J connectivity index is 4.26. The third-order valence-electron chi connectivity index (χ3n) is 1.16. The van der Waals surface area contributed by atoms with E-state index in [0.29, 0.717) is 11.1 Å². The first-order valence-corrected chi connectivity index (χ1v) is 4.79. The average Bonchev–Trinajstić information content (AvgIpc) is 2.14. The number of methoxy groups -OCH3 is 1. The van der Waals surface area contributed by atoms with Crippen molar-refractivity contribution in [2.45, 2.75) is 6.92 Å². The third-order valence-corrected chi connectivity index (χ3v) is 1.72. The monoisotopic (exact) mass is 250 g/mol. The number of allylic oxidation sites excluding steroid dienone is 1. The highest BCUT2D eigenvalue weighted by Gasteiger charge is 2.12. The lowest BCUT2D eigenvalue weighted by atomic mass is 10.3. The maximum Gasteiger partial charge on any atom is 0.379 e. The van der Waals surface area contributed by atoms with Gasteiger partial charge in [-0.2, -0.15) is 0 Å². The van der Waals surface area contributed by atoms with Crippen molar-refractivity contribution in [1.82, 2.24) is 0 Å². The summed E-state index contributed by atoms with van der Waals surface area (Å²) in [5, 5.41) is 0.384. The van der Waals surface area contributed by atoms with Crippen molar-refractivity contribution in [3.05, 3.63) is 11.8 Å². The van der Waals surface area contributed by atoms with E-state index in [4.69, 9.17) is 4.74 Å². The zero-order valence-electron chi connectivity index (χ0n) is 7.50. The summed E-state index contributed by atoms with van der Waals surface area (Å²) in [5.41, 5.74) is 0. The summed E-state index contributed by atoms with van der Waals surface area (Å²) in [5.74, 6) is -1.19. The van der Waals surface area contributed by atoms with Crippen LogP contribution in [0.5, 0.6) is 0 Å². The molecule has 0 aliphatic heterocycles. The van der Waals surface area contributed by atoms with Crippen molar-refractivity contribution in [2.24, 2.45) is 0 Å². The number of carbonyl (C=O) groups excluding carboxylic acids is 2. The van der Waals surface area contributed by atoms with Gasteiger partial charge in [0.25, 0.3) is 5.78 Å². The second-order valence-corrected chi connectivity index (χ2v) is 2.59. The average molecular weight is 251 g/mol. The Morgan fingerprint density at radius 2 is 2.08 bits per heavy atom. The Bertz CT molecular complexity index is 216. The van der Waals surface area contributed by atoms with E-state index in [9.17, 15) is 9.59 Å². The molecule has 5 heteroatoms. The number of ether oxygens (including phenoxy) is 2. The van der Waals surface area contributed by atoms with Crippen LogP contribution >= 0.6 is 15.9 Å². The fourth-order valence-corrected chi connectivity index (χ4v) is 0.950. The maximum atomic E-state index is 11.0. The van der Waals surface area contributed by atoms with E-state index in [-0.39, 0.29) is 6.61 Å². The highest BCUT2D eigenvalue weighted by atomic mass is 79.9. The van der Waals surface area contributed by atoms with Crippen molar-refractivity contribution < 1.29 is 19.1 Å². The molecule has 0 radical (unpaired) electrons. The van der Waals surface area contributed by atoms with Gasteiger partial charge in [0.05, 0.1) is 19.0 Å². The van der Waals surface area contributed by atoms with E-state index in [0.717, 1.165) is 6.08 Å². The van der Waals surface area contributed by atoms with Crippen molar-refractivity contribution in [3.8, 4) is 0 Å². The number of rotatable bonds is 5. The molecular weight excluding hydrogens is 240 g/mol. The van der Waals surface area contributed by atoms with Gasteiger partial charge in [-0.3, -0.25) is 4.79 Å². The molecule has 0 rings (SSSR count). The minimum Gasteiger partial charge on any atom is -0.500 e. The lowest BCUT2D eigenvalue weighted by Crippen LogP contribution is -2.15. The van der Waals surface area contributed by atoms with Crippen LogP contribution in [0.1, 0.15) is 6.92 Å². The molecular formula is C8H11BrO4. The number of alkyl halides is 1. The zero-order valence-corrected chi connectivity index (χ0v) is 9.09. The predicted molar refractivity (Wildman–Crippen MR) is 50.5 cm³/mol. The minimum absolute atomic E-state index is 0.190. The highest BCUT2D eigenvalue weighted by molar-refractivity contribution is 9.09. The molecule has 0 amide bonds. The van der Waals surface area contributed by atoms with Gasteiger partial charge < -0.3 is 9.47 Å². The molecule has 74 valence electrons. The molecule has 4 nitrogen and oxygen atoms in total. The van der Waals surface area contributed by atoms with Crippen LogP contribution < -0.4 is 0 Å². The van der Waals surface area contributed by atoms with Crippen LogP contribution in [-0.4, -0.2) is 30.8 Å².